The van der Waals surface area contributed by atoms with Gasteiger partial charge in [-0.15, -0.1) is 0 Å². The number of carbonyl (C=O) groups excluding carboxylic acids is 2. The van der Waals surface area contributed by atoms with Crippen molar-refractivity contribution in [1.29, 1.82) is 0 Å². The van der Waals surface area contributed by atoms with E-state index in [4.69, 9.17) is 25.8 Å². The smallest absolute Gasteiger partial charge is 0.313 e. The number of nitrogens with one attached hydrogen (secondary N) is 1. The van der Waals surface area contributed by atoms with Gasteiger partial charge in [0.2, 0.25) is 0 Å². The molecule has 27 heavy (non-hydrogen) atoms. The molecule has 7 heteroatoms. The Kier molecular flexibility index (Phi) is 7.49. The van der Waals surface area contributed by atoms with Crippen LogP contribution in [0, 0.1) is 0 Å². The van der Waals surface area contributed by atoms with E-state index in [0.29, 0.717) is 28.6 Å². The Morgan fingerprint density at radius 2 is 1.74 bits per heavy atom. The minimum Gasteiger partial charge on any atom is -0.495 e. The third-order valence-electron chi connectivity index (χ3n) is 3.99. The highest BCUT2D eigenvalue weighted by Gasteiger charge is 2.21. The lowest BCUT2D eigenvalue weighted by Crippen LogP contribution is -2.24. The molecule has 1 unspecified atom stereocenters. The molecule has 2 aromatic rings. The maximum atomic E-state index is 12.3. The second kappa shape index (κ2) is 9.83. The molecule has 2 aromatic carbocycles. The van der Waals surface area contributed by atoms with Gasteiger partial charge < -0.3 is 19.5 Å². The van der Waals surface area contributed by atoms with Gasteiger partial charge in [0.05, 0.1) is 30.8 Å². The predicted octanol–water partition coefficient (Wildman–Crippen LogP) is 4.03. The summed E-state index contributed by atoms with van der Waals surface area (Å²) in [7, 11) is 2.94. The minimum atomic E-state index is -0.495. The number of esters is 1. The van der Waals surface area contributed by atoms with Crippen LogP contribution in [0.15, 0.2) is 42.5 Å². The van der Waals surface area contributed by atoms with Crippen LogP contribution in [-0.4, -0.2) is 32.7 Å². The van der Waals surface area contributed by atoms with Crippen LogP contribution < -0.4 is 14.8 Å². The lowest BCUT2D eigenvalue weighted by molar-refractivity contribution is -0.149. The third kappa shape index (κ3) is 5.37. The van der Waals surface area contributed by atoms with Crippen molar-refractivity contribution in [2.75, 3.05) is 26.1 Å². The SMILES string of the molecule is CCC(C(=O)OCC(=O)Nc1cc(Cl)c(OC)cc1OC)c1ccccc1. The van der Waals surface area contributed by atoms with Crippen molar-refractivity contribution in [2.45, 2.75) is 19.3 Å². The highest BCUT2D eigenvalue weighted by Crippen LogP contribution is 2.35. The summed E-state index contributed by atoms with van der Waals surface area (Å²) < 4.78 is 15.5. The molecule has 6 nitrogen and oxygen atoms in total. The Morgan fingerprint density at radius 1 is 1.07 bits per heavy atom. The van der Waals surface area contributed by atoms with E-state index in [-0.39, 0.29) is 0 Å². The van der Waals surface area contributed by atoms with Crippen LogP contribution in [0.1, 0.15) is 24.8 Å². The van der Waals surface area contributed by atoms with Crippen LogP contribution in [-0.2, 0) is 14.3 Å². The second-order valence-electron chi connectivity index (χ2n) is 5.71. The van der Waals surface area contributed by atoms with E-state index in [9.17, 15) is 9.59 Å². The van der Waals surface area contributed by atoms with Crippen molar-refractivity contribution in [2.24, 2.45) is 0 Å². The molecule has 0 aliphatic heterocycles. The molecule has 1 atom stereocenters. The summed E-state index contributed by atoms with van der Waals surface area (Å²) in [4.78, 5) is 24.5. The molecule has 0 aromatic heterocycles. The molecule has 0 spiro atoms. The Hall–Kier alpha value is -2.73. The summed E-state index contributed by atoms with van der Waals surface area (Å²) in [6.07, 6.45) is 0.576. The van der Waals surface area contributed by atoms with Gasteiger partial charge in [-0.2, -0.15) is 0 Å². The molecule has 0 radical (unpaired) electrons. The zero-order valence-corrected chi connectivity index (χ0v) is 16.2. The van der Waals surface area contributed by atoms with Crippen molar-refractivity contribution in [3.8, 4) is 11.5 Å². The molecule has 0 aliphatic carbocycles. The van der Waals surface area contributed by atoms with E-state index in [0.717, 1.165) is 5.56 Å². The summed E-state index contributed by atoms with van der Waals surface area (Å²) in [5.41, 5.74) is 1.22. The highest BCUT2D eigenvalue weighted by molar-refractivity contribution is 6.32. The van der Waals surface area contributed by atoms with Crippen molar-refractivity contribution >= 4 is 29.2 Å². The van der Waals surface area contributed by atoms with Gasteiger partial charge >= 0.3 is 5.97 Å². The molecule has 0 bridgehead atoms. The molecule has 0 fully saturated rings. The number of halogens is 1. The van der Waals surface area contributed by atoms with E-state index in [2.05, 4.69) is 5.32 Å². The van der Waals surface area contributed by atoms with Gasteiger partial charge in [0.1, 0.15) is 11.5 Å². The van der Waals surface area contributed by atoms with E-state index in [1.165, 1.54) is 20.3 Å². The van der Waals surface area contributed by atoms with E-state index >= 15 is 0 Å². The molecule has 0 saturated heterocycles. The Bertz CT molecular complexity index is 794. The summed E-state index contributed by atoms with van der Waals surface area (Å²) in [5.74, 6) is -0.549. The van der Waals surface area contributed by atoms with Crippen LogP contribution in [0.4, 0.5) is 5.69 Å². The Labute approximate surface area is 163 Å². The monoisotopic (exact) mass is 391 g/mol. The number of benzene rings is 2. The summed E-state index contributed by atoms with van der Waals surface area (Å²) >= 11 is 6.08. The lowest BCUT2D eigenvalue weighted by atomic mass is 9.97. The first-order chi connectivity index (χ1) is 13.0. The number of ether oxygens (including phenoxy) is 3. The average Bonchev–Trinajstić information content (AvgIpc) is 2.68. The van der Waals surface area contributed by atoms with Gasteiger partial charge in [-0.05, 0) is 18.1 Å². The normalized spacial score (nSPS) is 11.4. The fourth-order valence-electron chi connectivity index (χ4n) is 2.61. The maximum Gasteiger partial charge on any atom is 0.313 e. The molecule has 1 amide bonds. The van der Waals surface area contributed by atoms with Crippen molar-refractivity contribution in [1.82, 2.24) is 0 Å². The first-order valence-electron chi connectivity index (χ1n) is 8.43. The molecule has 1 N–H and O–H groups in total. The standard InChI is InChI=1S/C20H22ClNO5/c1-4-14(13-8-6-5-7-9-13)20(24)27-12-19(23)22-16-10-15(21)17(25-2)11-18(16)26-3/h5-11,14H,4,12H2,1-3H3,(H,22,23). The largest absolute Gasteiger partial charge is 0.495 e. The van der Waals surface area contributed by atoms with Gasteiger partial charge in [-0.1, -0.05) is 48.9 Å². The number of carbonyl (C=O) groups is 2. The zero-order valence-electron chi connectivity index (χ0n) is 15.5. The zero-order chi connectivity index (χ0) is 19.8. The van der Waals surface area contributed by atoms with Crippen LogP contribution in [0.3, 0.4) is 0 Å². The number of hydrogen-bond acceptors (Lipinski definition) is 5. The predicted molar refractivity (Wildman–Crippen MR) is 104 cm³/mol. The minimum absolute atomic E-state index is 0.320. The molecule has 2 rings (SSSR count). The van der Waals surface area contributed by atoms with E-state index in [1.54, 1.807) is 6.07 Å². The number of amides is 1. The average molecular weight is 392 g/mol. The maximum absolute atomic E-state index is 12.3. The van der Waals surface area contributed by atoms with Gasteiger partial charge in [0.15, 0.2) is 6.61 Å². The van der Waals surface area contributed by atoms with E-state index in [1.807, 2.05) is 37.3 Å². The van der Waals surface area contributed by atoms with Crippen LogP contribution in [0.5, 0.6) is 11.5 Å². The van der Waals surface area contributed by atoms with Crippen LogP contribution >= 0.6 is 11.6 Å². The highest BCUT2D eigenvalue weighted by atomic mass is 35.5. The first-order valence-corrected chi connectivity index (χ1v) is 8.80. The summed E-state index contributed by atoms with van der Waals surface area (Å²) in [6.45, 7) is 1.48. The van der Waals surface area contributed by atoms with Gasteiger partial charge in [-0.3, -0.25) is 9.59 Å². The molecule has 144 valence electrons. The van der Waals surface area contributed by atoms with Crippen LogP contribution in [0.25, 0.3) is 0 Å². The molecule has 0 aliphatic rings. The number of anilines is 1. The number of methoxy groups -OCH3 is 2. The molecular formula is C20H22ClNO5. The fraction of sp³-hybridized carbons (Fsp3) is 0.300. The topological polar surface area (TPSA) is 73.9 Å². The second-order valence-corrected chi connectivity index (χ2v) is 6.12. The Balaban J connectivity index is 2.00. The fourth-order valence-corrected chi connectivity index (χ4v) is 2.85. The van der Waals surface area contributed by atoms with Crippen LogP contribution in [0.2, 0.25) is 5.02 Å². The lowest BCUT2D eigenvalue weighted by Gasteiger charge is -2.15. The van der Waals surface area contributed by atoms with Gasteiger partial charge in [0.25, 0.3) is 5.91 Å². The van der Waals surface area contributed by atoms with Gasteiger partial charge in [-0.25, -0.2) is 0 Å². The summed E-state index contributed by atoms with van der Waals surface area (Å²) in [5, 5.41) is 2.94. The number of rotatable bonds is 8. The quantitative estimate of drug-likeness (QED) is 0.687. The molecule has 0 heterocycles. The van der Waals surface area contributed by atoms with Crippen molar-refractivity contribution < 1.29 is 23.8 Å². The van der Waals surface area contributed by atoms with E-state index < -0.39 is 24.4 Å². The van der Waals surface area contributed by atoms with Crippen molar-refractivity contribution in [3.63, 3.8) is 0 Å². The number of hydrogen-bond donors (Lipinski definition) is 1. The van der Waals surface area contributed by atoms with Crippen molar-refractivity contribution in [3.05, 3.63) is 53.1 Å². The molecular weight excluding hydrogens is 370 g/mol. The summed E-state index contributed by atoms with van der Waals surface area (Å²) in [6, 6.07) is 12.4. The Morgan fingerprint density at radius 3 is 2.33 bits per heavy atom. The third-order valence-corrected chi connectivity index (χ3v) is 4.28. The van der Waals surface area contributed by atoms with Gasteiger partial charge in [0, 0.05) is 6.07 Å². The molecule has 0 saturated carbocycles. The first kappa shape index (κ1) is 20.6.